The molecule has 0 amide bonds. The largest absolute Gasteiger partial charge is 0.478 e. The molecule has 0 spiro atoms. The maximum absolute atomic E-state index is 14.9. The van der Waals surface area contributed by atoms with Crippen LogP contribution in [0.25, 0.3) is 10.8 Å². The number of aryl methyl sites for hydroxylation is 1. The van der Waals surface area contributed by atoms with Crippen LogP contribution in [0.2, 0.25) is 0 Å². The second-order valence-corrected chi connectivity index (χ2v) is 7.01. The molecule has 0 aliphatic rings. The molecule has 166 valence electrons. The number of ether oxygens (including phenoxy) is 1. The molecule has 0 aliphatic heterocycles. The van der Waals surface area contributed by atoms with E-state index in [2.05, 4.69) is 16.6 Å². The number of alkyl halides is 3. The molecule has 0 N–H and O–H groups in total. The zero-order valence-corrected chi connectivity index (χ0v) is 17.0. The first-order chi connectivity index (χ1) is 15.2. The number of benzene rings is 3. The van der Waals surface area contributed by atoms with Gasteiger partial charge in [-0.1, -0.05) is 48.3 Å². The zero-order chi connectivity index (χ0) is 23.3. The minimum Gasteiger partial charge on any atom is -0.478 e. The van der Waals surface area contributed by atoms with Crippen LogP contribution in [-0.2, 0) is 6.42 Å². The van der Waals surface area contributed by atoms with Crippen molar-refractivity contribution in [3.05, 3.63) is 88.8 Å². The fraction of sp³-hybridized carbons (Fsp3) is 0.200. The summed E-state index contributed by atoms with van der Waals surface area (Å²) in [5.41, 5.74) is 0.920. The molecular weight excluding hydrogens is 430 g/mol. The van der Waals surface area contributed by atoms with E-state index in [9.17, 15) is 26.3 Å². The van der Waals surface area contributed by atoms with Gasteiger partial charge in [0.15, 0.2) is 24.0 Å². The Kier molecular flexibility index (Phi) is 7.14. The predicted octanol–water partition coefficient (Wildman–Crippen LogP) is 7.11. The van der Waals surface area contributed by atoms with Gasteiger partial charge < -0.3 is 4.74 Å². The van der Waals surface area contributed by atoms with Crippen molar-refractivity contribution in [3.8, 4) is 17.6 Å². The molecule has 0 bridgehead atoms. The number of allylic oxidation sites excluding steroid dienone is 2. The molecule has 3 rings (SSSR count). The lowest BCUT2D eigenvalue weighted by Crippen LogP contribution is -2.20. The van der Waals surface area contributed by atoms with Crippen LogP contribution in [0.5, 0.6) is 5.75 Å². The van der Waals surface area contributed by atoms with E-state index in [0.717, 1.165) is 30.5 Å². The highest BCUT2D eigenvalue weighted by molar-refractivity contribution is 5.85. The number of fused-ring (bicyclic) bond motifs is 1. The molecule has 0 aliphatic carbocycles. The fourth-order valence-corrected chi connectivity index (χ4v) is 3.07. The van der Waals surface area contributed by atoms with Gasteiger partial charge in [-0.25, -0.2) is 13.2 Å². The van der Waals surface area contributed by atoms with Crippen LogP contribution in [0.3, 0.4) is 0 Å². The van der Waals surface area contributed by atoms with Crippen LogP contribution in [0.15, 0.2) is 54.6 Å². The summed E-state index contributed by atoms with van der Waals surface area (Å²) < 4.78 is 83.6. The molecule has 0 saturated carbocycles. The van der Waals surface area contributed by atoms with Gasteiger partial charge in [0, 0.05) is 10.9 Å². The second-order valence-electron chi connectivity index (χ2n) is 7.01. The Labute approximate surface area is 181 Å². The third-order valence-electron chi connectivity index (χ3n) is 4.57. The lowest BCUT2D eigenvalue weighted by atomic mass is 10.0. The smallest absolute Gasteiger partial charge is 0.422 e. The van der Waals surface area contributed by atoms with E-state index in [0.29, 0.717) is 10.8 Å². The first kappa shape index (κ1) is 23.3. The lowest BCUT2D eigenvalue weighted by Gasteiger charge is -2.10. The normalized spacial score (nSPS) is 11.6. The summed E-state index contributed by atoms with van der Waals surface area (Å²) in [7, 11) is 0. The molecule has 1 nitrogen and oxygen atoms in total. The molecule has 0 unspecified atom stereocenters. The molecule has 3 aromatic carbocycles. The maximum Gasteiger partial charge on any atom is 0.422 e. The van der Waals surface area contributed by atoms with Crippen molar-refractivity contribution >= 4 is 10.8 Å². The number of halogens is 6. The first-order valence-electron chi connectivity index (χ1n) is 9.71. The van der Waals surface area contributed by atoms with E-state index in [1.807, 2.05) is 31.2 Å². The minimum atomic E-state index is -4.74. The Bertz CT molecular complexity index is 1190. The highest BCUT2D eigenvalue weighted by atomic mass is 19.4. The van der Waals surface area contributed by atoms with Crippen LogP contribution < -0.4 is 4.74 Å². The molecule has 0 saturated heterocycles. The monoisotopic (exact) mass is 448 g/mol. The molecule has 0 atom stereocenters. The van der Waals surface area contributed by atoms with E-state index < -0.39 is 36.0 Å². The predicted molar refractivity (Wildman–Crippen MR) is 111 cm³/mol. The van der Waals surface area contributed by atoms with Crippen molar-refractivity contribution in [1.29, 1.82) is 0 Å². The number of rotatable bonds is 5. The summed E-state index contributed by atoms with van der Waals surface area (Å²) in [6.07, 6.45) is 0.972. The molecule has 7 heteroatoms. The molecule has 0 fully saturated rings. The molecule has 0 radical (unpaired) electrons. The van der Waals surface area contributed by atoms with E-state index in [-0.39, 0.29) is 11.1 Å². The summed E-state index contributed by atoms with van der Waals surface area (Å²) in [5, 5.41) is 1.06. The molecule has 0 aromatic heterocycles. The third kappa shape index (κ3) is 5.85. The van der Waals surface area contributed by atoms with Crippen molar-refractivity contribution in [2.24, 2.45) is 0 Å². The van der Waals surface area contributed by atoms with Crippen LogP contribution >= 0.6 is 0 Å². The number of hydrogen-bond acceptors (Lipinski definition) is 1. The Morgan fingerprint density at radius 3 is 2.31 bits per heavy atom. The first-order valence-corrected chi connectivity index (χ1v) is 9.71. The average Bonchev–Trinajstić information content (AvgIpc) is 2.72. The summed E-state index contributed by atoms with van der Waals surface area (Å²) in [6, 6.07) is 10.0. The Morgan fingerprint density at radius 2 is 1.66 bits per heavy atom. The summed E-state index contributed by atoms with van der Waals surface area (Å²) in [5.74, 6) is 0.585. The maximum atomic E-state index is 14.9. The van der Waals surface area contributed by atoms with Crippen LogP contribution in [0.4, 0.5) is 26.3 Å². The average molecular weight is 448 g/mol. The third-order valence-corrected chi connectivity index (χ3v) is 4.57. The van der Waals surface area contributed by atoms with Gasteiger partial charge in [-0.05, 0) is 48.9 Å². The van der Waals surface area contributed by atoms with Gasteiger partial charge in [-0.15, -0.1) is 0 Å². The van der Waals surface area contributed by atoms with Crippen LogP contribution in [0, 0.1) is 29.3 Å². The van der Waals surface area contributed by atoms with Gasteiger partial charge in [0.25, 0.3) is 0 Å². The van der Waals surface area contributed by atoms with E-state index in [4.69, 9.17) is 0 Å². The van der Waals surface area contributed by atoms with Crippen molar-refractivity contribution in [2.45, 2.75) is 25.9 Å². The lowest BCUT2D eigenvalue weighted by molar-refractivity contribution is -0.154. The Morgan fingerprint density at radius 1 is 0.938 bits per heavy atom. The van der Waals surface area contributed by atoms with Gasteiger partial charge in [0.1, 0.15) is 5.82 Å². The quantitative estimate of drug-likeness (QED) is 0.230. The van der Waals surface area contributed by atoms with Crippen molar-refractivity contribution < 1.29 is 31.1 Å². The molecule has 32 heavy (non-hydrogen) atoms. The second kappa shape index (κ2) is 9.82. The Balaban J connectivity index is 1.85. The van der Waals surface area contributed by atoms with Gasteiger partial charge in [0.05, 0.1) is 5.56 Å². The van der Waals surface area contributed by atoms with Crippen molar-refractivity contribution in [1.82, 2.24) is 0 Å². The zero-order valence-electron chi connectivity index (χ0n) is 17.0. The summed E-state index contributed by atoms with van der Waals surface area (Å²) in [6.45, 7) is 0.113. The van der Waals surface area contributed by atoms with Crippen LogP contribution in [-0.4, -0.2) is 12.8 Å². The van der Waals surface area contributed by atoms with Crippen molar-refractivity contribution in [2.75, 3.05) is 6.61 Å². The van der Waals surface area contributed by atoms with Crippen molar-refractivity contribution in [3.63, 3.8) is 0 Å². The molecule has 3 aromatic rings. The SMILES string of the molecule is C/C=C/CCc1ccc2c(F)c(C#Cc3cc(F)c(OCC(F)(F)F)c(F)c3)ccc2c1. The Hall–Kier alpha value is -3.40. The van der Waals surface area contributed by atoms with Gasteiger partial charge in [-0.3, -0.25) is 0 Å². The molecular formula is C25H18F6O. The van der Waals surface area contributed by atoms with E-state index >= 15 is 0 Å². The van der Waals surface area contributed by atoms with Gasteiger partial charge in [0.2, 0.25) is 0 Å². The molecule has 0 heterocycles. The number of hydrogen-bond donors (Lipinski definition) is 0. The summed E-state index contributed by atoms with van der Waals surface area (Å²) >= 11 is 0. The highest BCUT2D eigenvalue weighted by Crippen LogP contribution is 2.26. The minimum absolute atomic E-state index is 0.0254. The van der Waals surface area contributed by atoms with E-state index in [1.54, 1.807) is 12.1 Å². The van der Waals surface area contributed by atoms with Crippen LogP contribution in [0.1, 0.15) is 30.0 Å². The van der Waals surface area contributed by atoms with Gasteiger partial charge in [-0.2, -0.15) is 13.2 Å². The van der Waals surface area contributed by atoms with Gasteiger partial charge >= 0.3 is 6.18 Å². The van der Waals surface area contributed by atoms with E-state index in [1.165, 1.54) is 6.07 Å². The topological polar surface area (TPSA) is 9.23 Å². The highest BCUT2D eigenvalue weighted by Gasteiger charge is 2.29. The standard InChI is InChI=1S/C25H18F6O/c1-2-3-4-5-16-7-11-20-19(12-16)10-9-18(23(20)28)8-6-17-13-21(26)24(22(27)14-17)32-15-25(29,30)31/h2-3,7,9-14H,4-5,15H2,1H3/b3-2+. The fourth-order valence-electron chi connectivity index (χ4n) is 3.07. The summed E-state index contributed by atoms with van der Waals surface area (Å²) in [4.78, 5) is 0.